The van der Waals surface area contributed by atoms with Crippen LogP contribution in [0, 0.1) is 3.57 Å². The number of carbonyl (C=O) groups is 1. The Bertz CT molecular complexity index is 805. The van der Waals surface area contributed by atoms with Crippen molar-refractivity contribution in [2.75, 3.05) is 11.9 Å². The Hall–Kier alpha value is -1.45. The molecule has 0 saturated heterocycles. The van der Waals surface area contributed by atoms with Gasteiger partial charge in [0, 0.05) is 15.8 Å². The van der Waals surface area contributed by atoms with E-state index >= 15 is 0 Å². The second kappa shape index (κ2) is 8.59. The zero-order chi connectivity index (χ0) is 17.6. The molecule has 0 spiro atoms. The van der Waals surface area contributed by atoms with Crippen LogP contribution in [-0.4, -0.2) is 20.9 Å². The van der Waals surface area contributed by atoms with Crippen molar-refractivity contribution in [2.45, 2.75) is 24.7 Å². The molecule has 128 valence electrons. The molecule has 0 atom stereocenters. The molecule has 0 aromatic heterocycles. The Labute approximate surface area is 156 Å². The van der Waals surface area contributed by atoms with Gasteiger partial charge in [-0.15, -0.1) is 0 Å². The Morgan fingerprint density at radius 3 is 2.38 bits per heavy atom. The van der Waals surface area contributed by atoms with Gasteiger partial charge in [-0.3, -0.25) is 4.79 Å². The maximum atomic E-state index is 12.2. The minimum Gasteiger partial charge on any atom is -0.322 e. The standard InChI is InChI=1S/C17H19IN2O3S/c1-2-3-12-19-24(22,23)14-10-8-13(9-11-14)20-17(21)15-6-4-5-7-16(15)18/h4-11,19H,2-3,12H2,1H3,(H,20,21). The summed E-state index contributed by atoms with van der Waals surface area (Å²) in [5, 5.41) is 2.77. The minimum atomic E-state index is -3.50. The number of halogens is 1. The van der Waals surface area contributed by atoms with Crippen molar-refractivity contribution in [2.24, 2.45) is 0 Å². The third-order valence-electron chi connectivity index (χ3n) is 3.36. The van der Waals surface area contributed by atoms with E-state index in [1.165, 1.54) is 12.1 Å². The highest BCUT2D eigenvalue weighted by atomic mass is 127. The van der Waals surface area contributed by atoms with E-state index in [-0.39, 0.29) is 10.8 Å². The molecule has 0 saturated carbocycles. The molecule has 7 heteroatoms. The fourth-order valence-corrected chi connectivity index (χ4v) is 3.73. The summed E-state index contributed by atoms with van der Waals surface area (Å²) < 4.78 is 27.6. The largest absolute Gasteiger partial charge is 0.322 e. The molecule has 0 radical (unpaired) electrons. The third-order valence-corrected chi connectivity index (χ3v) is 5.78. The Morgan fingerprint density at radius 2 is 1.75 bits per heavy atom. The molecule has 0 fully saturated rings. The van der Waals surface area contributed by atoms with E-state index in [2.05, 4.69) is 32.6 Å². The molecule has 24 heavy (non-hydrogen) atoms. The van der Waals surface area contributed by atoms with Gasteiger partial charge in [-0.05, 0) is 65.4 Å². The molecule has 0 unspecified atom stereocenters. The smallest absolute Gasteiger partial charge is 0.256 e. The average Bonchev–Trinajstić information content (AvgIpc) is 2.56. The Balaban J connectivity index is 2.07. The van der Waals surface area contributed by atoms with Crippen molar-refractivity contribution in [3.8, 4) is 0 Å². The van der Waals surface area contributed by atoms with Crippen LogP contribution in [0.25, 0.3) is 0 Å². The Kier molecular flexibility index (Phi) is 6.76. The van der Waals surface area contributed by atoms with Crippen LogP contribution in [0.4, 0.5) is 5.69 Å². The summed E-state index contributed by atoms with van der Waals surface area (Å²) in [6.07, 6.45) is 1.72. The zero-order valence-electron chi connectivity index (χ0n) is 13.3. The third kappa shape index (κ3) is 5.02. The lowest BCUT2D eigenvalue weighted by Gasteiger charge is -2.09. The number of rotatable bonds is 7. The molecule has 0 aliphatic rings. The second-order valence-corrected chi connectivity index (χ2v) is 8.14. The van der Waals surface area contributed by atoms with E-state index in [0.717, 1.165) is 16.4 Å². The van der Waals surface area contributed by atoms with Crippen LogP contribution in [-0.2, 0) is 10.0 Å². The molecular weight excluding hydrogens is 439 g/mol. The fourth-order valence-electron chi connectivity index (χ4n) is 2.03. The number of anilines is 1. The van der Waals surface area contributed by atoms with E-state index in [0.29, 0.717) is 17.8 Å². The van der Waals surface area contributed by atoms with Gasteiger partial charge < -0.3 is 5.32 Å². The molecule has 1 amide bonds. The van der Waals surface area contributed by atoms with Crippen LogP contribution in [0.15, 0.2) is 53.4 Å². The zero-order valence-corrected chi connectivity index (χ0v) is 16.2. The lowest BCUT2D eigenvalue weighted by molar-refractivity contribution is 0.102. The maximum absolute atomic E-state index is 12.2. The van der Waals surface area contributed by atoms with Gasteiger partial charge in [0.25, 0.3) is 5.91 Å². The molecule has 2 rings (SSSR count). The minimum absolute atomic E-state index is 0.186. The first kappa shape index (κ1) is 18.9. The van der Waals surface area contributed by atoms with E-state index < -0.39 is 10.0 Å². The maximum Gasteiger partial charge on any atom is 0.256 e. The highest BCUT2D eigenvalue weighted by Gasteiger charge is 2.14. The quantitative estimate of drug-likeness (QED) is 0.492. The van der Waals surface area contributed by atoms with Crippen molar-refractivity contribution < 1.29 is 13.2 Å². The normalized spacial score (nSPS) is 11.2. The lowest BCUT2D eigenvalue weighted by atomic mass is 10.2. The number of carbonyl (C=O) groups excluding carboxylic acids is 1. The van der Waals surface area contributed by atoms with Crippen LogP contribution >= 0.6 is 22.6 Å². The van der Waals surface area contributed by atoms with Crippen molar-refractivity contribution in [3.05, 3.63) is 57.7 Å². The summed E-state index contributed by atoms with van der Waals surface area (Å²) in [6, 6.07) is 13.4. The first-order valence-corrected chi connectivity index (χ1v) is 10.2. The van der Waals surface area contributed by atoms with Crippen molar-refractivity contribution in [3.63, 3.8) is 0 Å². The SMILES string of the molecule is CCCCNS(=O)(=O)c1ccc(NC(=O)c2ccccc2I)cc1. The van der Waals surface area contributed by atoms with Crippen molar-refractivity contribution in [1.29, 1.82) is 0 Å². The summed E-state index contributed by atoms with van der Waals surface area (Å²) in [6.45, 7) is 2.42. The van der Waals surface area contributed by atoms with Crippen LogP contribution < -0.4 is 10.0 Å². The molecule has 5 nitrogen and oxygen atoms in total. The van der Waals surface area contributed by atoms with E-state index in [4.69, 9.17) is 0 Å². The monoisotopic (exact) mass is 458 g/mol. The number of amides is 1. The van der Waals surface area contributed by atoms with Crippen LogP contribution in [0.5, 0.6) is 0 Å². The van der Waals surface area contributed by atoms with Gasteiger partial charge in [0.1, 0.15) is 0 Å². The number of hydrogen-bond acceptors (Lipinski definition) is 3. The number of nitrogens with one attached hydrogen (secondary N) is 2. The van der Waals surface area contributed by atoms with Crippen LogP contribution in [0.1, 0.15) is 30.1 Å². The van der Waals surface area contributed by atoms with Crippen LogP contribution in [0.2, 0.25) is 0 Å². The predicted octanol–water partition coefficient (Wildman–Crippen LogP) is 3.62. The molecular formula is C17H19IN2O3S. The number of sulfonamides is 1. The molecule has 0 heterocycles. The number of benzene rings is 2. The highest BCUT2D eigenvalue weighted by molar-refractivity contribution is 14.1. The van der Waals surface area contributed by atoms with E-state index in [1.54, 1.807) is 24.3 Å². The number of hydrogen-bond donors (Lipinski definition) is 2. The molecule has 2 aromatic carbocycles. The van der Waals surface area contributed by atoms with Gasteiger partial charge in [-0.2, -0.15) is 0 Å². The predicted molar refractivity (Wildman–Crippen MR) is 104 cm³/mol. The van der Waals surface area contributed by atoms with Gasteiger partial charge in [-0.25, -0.2) is 13.1 Å². The fraction of sp³-hybridized carbons (Fsp3) is 0.235. The summed E-state index contributed by atoms with van der Waals surface area (Å²) in [7, 11) is -3.50. The summed E-state index contributed by atoms with van der Waals surface area (Å²) in [5.41, 5.74) is 1.13. The van der Waals surface area contributed by atoms with Crippen LogP contribution in [0.3, 0.4) is 0 Å². The molecule has 2 N–H and O–H groups in total. The molecule has 0 bridgehead atoms. The topological polar surface area (TPSA) is 75.3 Å². The lowest BCUT2D eigenvalue weighted by Crippen LogP contribution is -2.24. The molecule has 0 aliphatic carbocycles. The Morgan fingerprint density at radius 1 is 1.08 bits per heavy atom. The van der Waals surface area contributed by atoms with Gasteiger partial charge in [-0.1, -0.05) is 25.5 Å². The van der Waals surface area contributed by atoms with Gasteiger partial charge in [0.05, 0.1) is 10.5 Å². The molecule has 0 aliphatic heterocycles. The molecule has 2 aromatic rings. The van der Waals surface area contributed by atoms with Gasteiger partial charge in [0.15, 0.2) is 0 Å². The summed E-state index contributed by atoms with van der Waals surface area (Å²) in [5.74, 6) is -0.225. The van der Waals surface area contributed by atoms with Gasteiger partial charge in [0.2, 0.25) is 10.0 Å². The highest BCUT2D eigenvalue weighted by Crippen LogP contribution is 2.17. The van der Waals surface area contributed by atoms with Crippen molar-refractivity contribution in [1.82, 2.24) is 4.72 Å². The van der Waals surface area contributed by atoms with Gasteiger partial charge >= 0.3 is 0 Å². The van der Waals surface area contributed by atoms with E-state index in [1.807, 2.05) is 19.1 Å². The summed E-state index contributed by atoms with van der Waals surface area (Å²) >= 11 is 2.10. The first-order valence-electron chi connectivity index (χ1n) is 7.59. The van der Waals surface area contributed by atoms with E-state index in [9.17, 15) is 13.2 Å². The first-order chi connectivity index (χ1) is 11.4. The number of unbranched alkanes of at least 4 members (excludes halogenated alkanes) is 1. The average molecular weight is 458 g/mol. The summed E-state index contributed by atoms with van der Waals surface area (Å²) in [4.78, 5) is 12.4. The van der Waals surface area contributed by atoms with Crippen molar-refractivity contribution >= 4 is 44.2 Å². The second-order valence-electron chi connectivity index (χ2n) is 5.21.